The average Bonchev–Trinajstić information content (AvgIpc) is 2.82. The lowest BCUT2D eigenvalue weighted by atomic mass is 10.1. The summed E-state index contributed by atoms with van der Waals surface area (Å²) in [6.07, 6.45) is 3.97. The van der Waals surface area contributed by atoms with Crippen LogP contribution in [0.5, 0.6) is 5.75 Å². The summed E-state index contributed by atoms with van der Waals surface area (Å²) >= 11 is 3.46. The highest BCUT2D eigenvalue weighted by Crippen LogP contribution is 2.39. The molecule has 1 unspecified atom stereocenters. The minimum Gasteiger partial charge on any atom is -0.489 e. The Balaban J connectivity index is 1.98. The topological polar surface area (TPSA) is 28.3 Å². The molecular formula is C13H13BrN2O. The SMILES string of the molecule is CN1c2ccc(Br)cc2OCC1c1cc[nH]c1. The summed E-state index contributed by atoms with van der Waals surface area (Å²) < 4.78 is 6.87. The second kappa shape index (κ2) is 4.11. The van der Waals surface area contributed by atoms with Crippen LogP contribution >= 0.6 is 15.9 Å². The van der Waals surface area contributed by atoms with Crippen LogP contribution in [-0.2, 0) is 0 Å². The lowest BCUT2D eigenvalue weighted by molar-refractivity contribution is 0.268. The number of benzene rings is 1. The van der Waals surface area contributed by atoms with E-state index in [-0.39, 0.29) is 6.04 Å². The molecule has 0 saturated heterocycles. The molecule has 0 radical (unpaired) electrons. The van der Waals surface area contributed by atoms with E-state index < -0.39 is 0 Å². The molecule has 0 spiro atoms. The number of hydrogen-bond donors (Lipinski definition) is 1. The van der Waals surface area contributed by atoms with Crippen LogP contribution in [0.15, 0.2) is 41.1 Å². The third kappa shape index (κ3) is 1.82. The molecule has 0 saturated carbocycles. The van der Waals surface area contributed by atoms with Crippen molar-refractivity contribution in [3.05, 3.63) is 46.7 Å². The van der Waals surface area contributed by atoms with Gasteiger partial charge in [0.25, 0.3) is 0 Å². The van der Waals surface area contributed by atoms with Crippen molar-refractivity contribution in [2.24, 2.45) is 0 Å². The van der Waals surface area contributed by atoms with Gasteiger partial charge in [0.05, 0.1) is 11.7 Å². The number of fused-ring (bicyclic) bond motifs is 1. The fraction of sp³-hybridized carbons (Fsp3) is 0.231. The van der Waals surface area contributed by atoms with Crippen molar-refractivity contribution in [3.8, 4) is 5.75 Å². The Hall–Kier alpha value is -1.42. The Morgan fingerprint density at radius 1 is 1.41 bits per heavy atom. The molecule has 0 amide bonds. The van der Waals surface area contributed by atoms with E-state index in [1.807, 2.05) is 24.5 Å². The lowest BCUT2D eigenvalue weighted by Crippen LogP contribution is -2.33. The summed E-state index contributed by atoms with van der Waals surface area (Å²) in [5, 5.41) is 0. The van der Waals surface area contributed by atoms with E-state index in [4.69, 9.17) is 4.74 Å². The molecule has 3 nitrogen and oxygen atoms in total. The largest absolute Gasteiger partial charge is 0.489 e. The predicted octanol–water partition coefficient (Wildman–Crippen LogP) is 3.35. The van der Waals surface area contributed by atoms with E-state index in [1.165, 1.54) is 5.56 Å². The van der Waals surface area contributed by atoms with E-state index >= 15 is 0 Å². The van der Waals surface area contributed by atoms with Crippen LogP contribution in [0.25, 0.3) is 0 Å². The zero-order valence-corrected chi connectivity index (χ0v) is 11.1. The van der Waals surface area contributed by atoms with Gasteiger partial charge in [0.2, 0.25) is 0 Å². The number of likely N-dealkylation sites (N-methyl/N-ethyl adjacent to an activating group) is 1. The smallest absolute Gasteiger partial charge is 0.143 e. The van der Waals surface area contributed by atoms with Crippen molar-refractivity contribution in [3.63, 3.8) is 0 Å². The van der Waals surface area contributed by atoms with Crippen molar-refractivity contribution in [1.82, 2.24) is 4.98 Å². The maximum Gasteiger partial charge on any atom is 0.143 e. The molecule has 2 aromatic rings. The number of aromatic nitrogens is 1. The molecule has 1 atom stereocenters. The van der Waals surface area contributed by atoms with Gasteiger partial charge >= 0.3 is 0 Å². The first kappa shape index (κ1) is 10.7. The molecule has 1 N–H and O–H groups in total. The van der Waals surface area contributed by atoms with Gasteiger partial charge in [-0.15, -0.1) is 0 Å². The van der Waals surface area contributed by atoms with Gasteiger partial charge in [0.15, 0.2) is 0 Å². The second-order valence-corrected chi connectivity index (χ2v) is 5.11. The minimum absolute atomic E-state index is 0.273. The normalized spacial score (nSPS) is 18.7. The highest BCUT2D eigenvalue weighted by molar-refractivity contribution is 9.10. The van der Waals surface area contributed by atoms with E-state index in [2.05, 4.69) is 45.0 Å². The van der Waals surface area contributed by atoms with Gasteiger partial charge in [-0.3, -0.25) is 0 Å². The molecule has 4 heteroatoms. The van der Waals surface area contributed by atoms with Crippen molar-refractivity contribution in [2.45, 2.75) is 6.04 Å². The van der Waals surface area contributed by atoms with E-state index in [0.29, 0.717) is 6.61 Å². The van der Waals surface area contributed by atoms with E-state index in [1.54, 1.807) is 0 Å². The van der Waals surface area contributed by atoms with Crippen LogP contribution < -0.4 is 9.64 Å². The maximum absolute atomic E-state index is 5.83. The van der Waals surface area contributed by atoms with Crippen molar-refractivity contribution in [1.29, 1.82) is 0 Å². The first-order valence-electron chi connectivity index (χ1n) is 5.53. The third-order valence-electron chi connectivity index (χ3n) is 3.17. The molecule has 3 rings (SSSR count). The van der Waals surface area contributed by atoms with Crippen molar-refractivity contribution in [2.75, 3.05) is 18.6 Å². The quantitative estimate of drug-likeness (QED) is 0.873. The summed E-state index contributed by atoms with van der Waals surface area (Å²) in [4.78, 5) is 5.35. The molecule has 1 aliphatic heterocycles. The monoisotopic (exact) mass is 292 g/mol. The Kier molecular flexibility index (Phi) is 2.59. The van der Waals surface area contributed by atoms with Gasteiger partial charge < -0.3 is 14.6 Å². The van der Waals surface area contributed by atoms with Gasteiger partial charge in [0.1, 0.15) is 12.4 Å². The van der Waals surface area contributed by atoms with Crippen LogP contribution in [0.3, 0.4) is 0 Å². The molecule has 0 fully saturated rings. The number of anilines is 1. The van der Waals surface area contributed by atoms with E-state index in [9.17, 15) is 0 Å². The van der Waals surface area contributed by atoms with Crippen LogP contribution in [0, 0.1) is 0 Å². The number of nitrogens with zero attached hydrogens (tertiary/aromatic N) is 1. The predicted molar refractivity (Wildman–Crippen MR) is 71.6 cm³/mol. The summed E-state index contributed by atoms with van der Waals surface area (Å²) in [7, 11) is 2.10. The standard InChI is InChI=1S/C13H13BrN2O/c1-16-11-3-2-10(14)6-13(11)17-8-12(16)9-4-5-15-7-9/h2-7,12,15H,8H2,1H3. The number of ether oxygens (including phenoxy) is 1. The molecule has 88 valence electrons. The third-order valence-corrected chi connectivity index (χ3v) is 3.67. The highest BCUT2D eigenvalue weighted by Gasteiger charge is 2.26. The van der Waals surface area contributed by atoms with Crippen molar-refractivity contribution >= 4 is 21.6 Å². The number of hydrogen-bond acceptors (Lipinski definition) is 2. The fourth-order valence-corrected chi connectivity index (χ4v) is 2.55. The number of H-pyrrole nitrogens is 1. The summed E-state index contributed by atoms with van der Waals surface area (Å²) in [5.74, 6) is 0.939. The first-order chi connectivity index (χ1) is 8.25. The van der Waals surface area contributed by atoms with Crippen LogP contribution in [-0.4, -0.2) is 18.6 Å². The molecule has 1 aromatic heterocycles. The molecule has 17 heavy (non-hydrogen) atoms. The highest BCUT2D eigenvalue weighted by atomic mass is 79.9. The van der Waals surface area contributed by atoms with Crippen molar-refractivity contribution < 1.29 is 4.74 Å². The molecule has 1 aromatic carbocycles. The fourth-order valence-electron chi connectivity index (χ4n) is 2.21. The molecule has 1 aliphatic rings. The summed E-state index contributed by atoms with van der Waals surface area (Å²) in [6, 6.07) is 8.50. The Labute approximate surface area is 109 Å². The molecular weight excluding hydrogens is 280 g/mol. The van der Waals surface area contributed by atoms with E-state index in [0.717, 1.165) is 15.9 Å². The first-order valence-corrected chi connectivity index (χ1v) is 6.33. The zero-order chi connectivity index (χ0) is 11.8. The number of aromatic amines is 1. The molecule has 0 bridgehead atoms. The maximum atomic E-state index is 5.83. The number of rotatable bonds is 1. The minimum atomic E-state index is 0.273. The molecule has 0 aliphatic carbocycles. The summed E-state index contributed by atoms with van der Waals surface area (Å²) in [6.45, 7) is 0.678. The number of halogens is 1. The average molecular weight is 293 g/mol. The Morgan fingerprint density at radius 2 is 2.29 bits per heavy atom. The second-order valence-electron chi connectivity index (χ2n) is 4.19. The van der Waals surface area contributed by atoms with Gasteiger partial charge in [-0.05, 0) is 29.8 Å². The van der Waals surface area contributed by atoms with Crippen LogP contribution in [0.4, 0.5) is 5.69 Å². The lowest BCUT2D eigenvalue weighted by Gasteiger charge is -2.35. The van der Waals surface area contributed by atoms with Crippen LogP contribution in [0.2, 0.25) is 0 Å². The molecule has 2 heterocycles. The van der Waals surface area contributed by atoms with Gasteiger partial charge in [-0.25, -0.2) is 0 Å². The van der Waals surface area contributed by atoms with Gasteiger partial charge in [-0.2, -0.15) is 0 Å². The summed E-state index contributed by atoms with van der Waals surface area (Å²) in [5.41, 5.74) is 2.38. The zero-order valence-electron chi connectivity index (χ0n) is 9.48. The Morgan fingerprint density at radius 3 is 3.06 bits per heavy atom. The van der Waals surface area contributed by atoms with Crippen LogP contribution in [0.1, 0.15) is 11.6 Å². The van der Waals surface area contributed by atoms with Gasteiger partial charge in [-0.1, -0.05) is 15.9 Å². The Bertz CT molecular complexity index is 524. The van der Waals surface area contributed by atoms with Gasteiger partial charge in [0, 0.05) is 23.9 Å². The number of nitrogens with one attached hydrogen (secondary N) is 1.